The van der Waals surface area contributed by atoms with Crippen molar-refractivity contribution in [3.63, 3.8) is 0 Å². The molecule has 1 aliphatic carbocycles. The molecule has 2 fully saturated rings. The van der Waals surface area contributed by atoms with Crippen LogP contribution in [-0.2, 0) is 4.74 Å². The molecule has 104 valence electrons. The Labute approximate surface area is 114 Å². The molecule has 0 aromatic heterocycles. The summed E-state index contributed by atoms with van der Waals surface area (Å²) in [5, 5.41) is 6.94. The Morgan fingerprint density at radius 3 is 2.94 bits per heavy atom. The Bertz CT molecular complexity index is 319. The summed E-state index contributed by atoms with van der Waals surface area (Å²) in [5.41, 5.74) is 0.207. The van der Waals surface area contributed by atoms with Crippen LogP contribution in [0.5, 0.6) is 0 Å². The standard InChI is InChI=1S/C13H25N3OS/c1-13(2)10(9-5-7-17-11(9)13)16-12(14-3)15-6-8-18-4/h9-11H,5-8H2,1-4H3,(H2,14,15,16). The van der Waals surface area contributed by atoms with Gasteiger partial charge in [0.25, 0.3) is 0 Å². The molecule has 18 heavy (non-hydrogen) atoms. The Morgan fingerprint density at radius 2 is 2.28 bits per heavy atom. The van der Waals surface area contributed by atoms with Gasteiger partial charge in [-0.05, 0) is 12.7 Å². The third-order valence-corrected chi connectivity index (χ3v) is 4.83. The summed E-state index contributed by atoms with van der Waals surface area (Å²) in [6.07, 6.45) is 3.72. The number of nitrogens with zero attached hydrogens (tertiary/aromatic N) is 1. The van der Waals surface area contributed by atoms with Crippen molar-refractivity contribution in [3.8, 4) is 0 Å². The van der Waals surface area contributed by atoms with E-state index in [-0.39, 0.29) is 5.41 Å². The average molecular weight is 271 g/mol. The molecule has 1 saturated heterocycles. The number of hydrogen-bond donors (Lipinski definition) is 2. The van der Waals surface area contributed by atoms with Crippen LogP contribution in [0, 0.1) is 11.3 Å². The topological polar surface area (TPSA) is 45.7 Å². The van der Waals surface area contributed by atoms with Crippen molar-refractivity contribution in [2.75, 3.05) is 32.2 Å². The van der Waals surface area contributed by atoms with Gasteiger partial charge in [-0.1, -0.05) is 13.8 Å². The molecular weight excluding hydrogens is 246 g/mol. The largest absolute Gasteiger partial charge is 0.377 e. The van der Waals surface area contributed by atoms with Gasteiger partial charge in [0.15, 0.2) is 5.96 Å². The molecule has 3 atom stereocenters. The summed E-state index contributed by atoms with van der Waals surface area (Å²) >= 11 is 1.84. The van der Waals surface area contributed by atoms with Crippen LogP contribution in [0.15, 0.2) is 4.99 Å². The molecule has 0 spiro atoms. The van der Waals surface area contributed by atoms with Gasteiger partial charge < -0.3 is 15.4 Å². The van der Waals surface area contributed by atoms with E-state index >= 15 is 0 Å². The number of thioether (sulfide) groups is 1. The number of aliphatic imine (C=N–C) groups is 1. The van der Waals surface area contributed by atoms with Crippen LogP contribution in [-0.4, -0.2) is 50.3 Å². The molecule has 2 N–H and O–H groups in total. The molecular formula is C13H25N3OS. The van der Waals surface area contributed by atoms with Crippen molar-refractivity contribution in [1.29, 1.82) is 0 Å². The lowest BCUT2D eigenvalue weighted by Gasteiger charge is -2.54. The Morgan fingerprint density at radius 1 is 1.50 bits per heavy atom. The zero-order valence-electron chi connectivity index (χ0n) is 11.8. The first-order valence-electron chi connectivity index (χ1n) is 6.69. The van der Waals surface area contributed by atoms with Gasteiger partial charge in [0, 0.05) is 43.3 Å². The van der Waals surface area contributed by atoms with Gasteiger partial charge in [-0.15, -0.1) is 0 Å². The van der Waals surface area contributed by atoms with Crippen molar-refractivity contribution in [1.82, 2.24) is 10.6 Å². The maximum atomic E-state index is 5.81. The maximum absolute atomic E-state index is 5.81. The fourth-order valence-electron chi connectivity index (χ4n) is 3.23. The molecule has 2 aliphatic rings. The summed E-state index contributed by atoms with van der Waals surface area (Å²) in [5.74, 6) is 2.68. The lowest BCUT2D eigenvalue weighted by molar-refractivity contribution is -0.106. The quantitative estimate of drug-likeness (QED) is 0.460. The highest BCUT2D eigenvalue weighted by molar-refractivity contribution is 7.98. The van der Waals surface area contributed by atoms with Crippen LogP contribution in [0.4, 0.5) is 0 Å². The molecule has 2 rings (SSSR count). The van der Waals surface area contributed by atoms with Crippen molar-refractivity contribution in [3.05, 3.63) is 0 Å². The highest BCUT2D eigenvalue weighted by Gasteiger charge is 2.59. The number of ether oxygens (including phenoxy) is 1. The molecule has 4 nitrogen and oxygen atoms in total. The average Bonchev–Trinajstić information content (AvgIpc) is 2.80. The van der Waals surface area contributed by atoms with E-state index in [0.717, 1.165) is 24.9 Å². The molecule has 0 bridgehead atoms. The smallest absolute Gasteiger partial charge is 0.191 e. The van der Waals surface area contributed by atoms with Gasteiger partial charge in [-0.2, -0.15) is 11.8 Å². The second kappa shape index (κ2) is 5.70. The molecule has 0 amide bonds. The number of rotatable bonds is 4. The van der Waals surface area contributed by atoms with E-state index in [4.69, 9.17) is 4.74 Å². The summed E-state index contributed by atoms with van der Waals surface area (Å²) in [6, 6.07) is 0.477. The molecule has 1 saturated carbocycles. The first-order valence-corrected chi connectivity index (χ1v) is 8.08. The van der Waals surface area contributed by atoms with Gasteiger partial charge in [0.05, 0.1) is 6.10 Å². The van der Waals surface area contributed by atoms with Gasteiger partial charge in [-0.25, -0.2) is 0 Å². The second-order valence-corrected chi connectivity index (χ2v) is 6.66. The lowest BCUT2D eigenvalue weighted by Crippen LogP contribution is -2.68. The van der Waals surface area contributed by atoms with E-state index in [1.165, 1.54) is 6.42 Å². The minimum atomic E-state index is 0.207. The molecule has 1 heterocycles. The van der Waals surface area contributed by atoms with Crippen LogP contribution in [0.1, 0.15) is 20.3 Å². The monoisotopic (exact) mass is 271 g/mol. The Hall–Kier alpha value is -0.420. The van der Waals surface area contributed by atoms with E-state index < -0.39 is 0 Å². The predicted octanol–water partition coefficient (Wildman–Crippen LogP) is 1.33. The summed E-state index contributed by atoms with van der Waals surface area (Å²) < 4.78 is 5.81. The first-order chi connectivity index (χ1) is 8.61. The predicted molar refractivity (Wildman–Crippen MR) is 78.3 cm³/mol. The van der Waals surface area contributed by atoms with E-state index in [2.05, 4.69) is 35.7 Å². The van der Waals surface area contributed by atoms with Crippen molar-refractivity contribution < 1.29 is 4.74 Å². The van der Waals surface area contributed by atoms with Crippen molar-refractivity contribution in [2.24, 2.45) is 16.3 Å². The van der Waals surface area contributed by atoms with Gasteiger partial charge in [0.2, 0.25) is 0 Å². The zero-order valence-corrected chi connectivity index (χ0v) is 12.6. The normalized spacial score (nSPS) is 33.8. The molecule has 5 heteroatoms. The van der Waals surface area contributed by atoms with E-state index in [9.17, 15) is 0 Å². The van der Waals surface area contributed by atoms with Crippen LogP contribution >= 0.6 is 11.8 Å². The van der Waals surface area contributed by atoms with E-state index in [1.807, 2.05) is 18.8 Å². The third kappa shape index (κ3) is 2.48. The minimum Gasteiger partial charge on any atom is -0.377 e. The van der Waals surface area contributed by atoms with Crippen LogP contribution in [0.25, 0.3) is 0 Å². The number of nitrogens with one attached hydrogen (secondary N) is 2. The zero-order chi connectivity index (χ0) is 13.2. The fraction of sp³-hybridized carbons (Fsp3) is 0.923. The van der Waals surface area contributed by atoms with Crippen molar-refractivity contribution in [2.45, 2.75) is 32.4 Å². The SMILES string of the molecule is CN=C(NCCSC)NC1C2CCOC2C1(C)C. The minimum absolute atomic E-state index is 0.207. The molecule has 0 aromatic rings. The van der Waals surface area contributed by atoms with Crippen LogP contribution < -0.4 is 10.6 Å². The molecule has 0 aromatic carbocycles. The maximum Gasteiger partial charge on any atom is 0.191 e. The first kappa shape index (κ1) is 14.0. The number of hydrogen-bond acceptors (Lipinski definition) is 3. The summed E-state index contributed by atoms with van der Waals surface area (Å²) in [4.78, 5) is 4.31. The van der Waals surface area contributed by atoms with Gasteiger partial charge in [0.1, 0.15) is 0 Å². The molecule has 1 aliphatic heterocycles. The number of fused-ring (bicyclic) bond motifs is 1. The summed E-state index contributed by atoms with van der Waals surface area (Å²) in [6.45, 7) is 6.44. The summed E-state index contributed by atoms with van der Waals surface area (Å²) in [7, 11) is 1.84. The Balaban J connectivity index is 1.88. The van der Waals surface area contributed by atoms with Crippen LogP contribution in [0.3, 0.4) is 0 Å². The highest BCUT2D eigenvalue weighted by Crippen LogP contribution is 2.51. The fourth-order valence-corrected chi connectivity index (χ4v) is 3.54. The molecule has 3 unspecified atom stereocenters. The van der Waals surface area contributed by atoms with E-state index in [1.54, 1.807) is 0 Å². The van der Waals surface area contributed by atoms with Crippen LogP contribution in [0.2, 0.25) is 0 Å². The number of guanidine groups is 1. The highest BCUT2D eigenvalue weighted by atomic mass is 32.2. The second-order valence-electron chi connectivity index (χ2n) is 5.68. The van der Waals surface area contributed by atoms with Gasteiger partial charge in [-0.3, -0.25) is 4.99 Å². The lowest BCUT2D eigenvalue weighted by atomic mass is 9.57. The van der Waals surface area contributed by atoms with Gasteiger partial charge >= 0.3 is 0 Å². The molecule has 0 radical (unpaired) electrons. The third-order valence-electron chi connectivity index (χ3n) is 4.21. The Kier molecular flexibility index (Phi) is 4.43. The van der Waals surface area contributed by atoms with E-state index in [0.29, 0.717) is 18.1 Å². The van der Waals surface area contributed by atoms with Crippen molar-refractivity contribution >= 4 is 17.7 Å².